The molecular formula is C14H19N3O2. The highest BCUT2D eigenvalue weighted by Gasteiger charge is 2.35. The number of carbonyl (C=O) groups is 1. The van der Waals surface area contributed by atoms with Crippen molar-refractivity contribution in [3.8, 4) is 0 Å². The Morgan fingerprint density at radius 2 is 2.26 bits per heavy atom. The molecule has 19 heavy (non-hydrogen) atoms. The Morgan fingerprint density at radius 3 is 2.89 bits per heavy atom. The third-order valence-corrected chi connectivity index (χ3v) is 3.83. The van der Waals surface area contributed by atoms with E-state index < -0.39 is 0 Å². The second-order valence-corrected chi connectivity index (χ2v) is 5.23. The van der Waals surface area contributed by atoms with Gasteiger partial charge in [-0.1, -0.05) is 26.0 Å². The maximum Gasteiger partial charge on any atom is 0.241 e. The zero-order chi connectivity index (χ0) is 14.0. The molecule has 5 heteroatoms. The van der Waals surface area contributed by atoms with Crippen molar-refractivity contribution >= 4 is 17.3 Å². The van der Waals surface area contributed by atoms with Gasteiger partial charge in [0.05, 0.1) is 11.4 Å². The Hall–Kier alpha value is -1.88. The van der Waals surface area contributed by atoms with Crippen LogP contribution in [0.1, 0.15) is 37.8 Å². The summed E-state index contributed by atoms with van der Waals surface area (Å²) in [6.45, 7) is 6.00. The first-order chi connectivity index (χ1) is 9.00. The number of hydrogen-bond acceptors (Lipinski definition) is 4. The van der Waals surface area contributed by atoms with Crippen molar-refractivity contribution in [2.45, 2.75) is 33.6 Å². The van der Waals surface area contributed by atoms with Crippen LogP contribution < -0.4 is 10.9 Å². The summed E-state index contributed by atoms with van der Waals surface area (Å²) in [6.07, 6.45) is 1.26. The second-order valence-electron chi connectivity index (χ2n) is 5.23. The summed E-state index contributed by atoms with van der Waals surface area (Å²) < 4.78 is 0. The van der Waals surface area contributed by atoms with Gasteiger partial charge in [0.25, 0.3) is 0 Å². The van der Waals surface area contributed by atoms with Crippen LogP contribution >= 0.6 is 0 Å². The predicted octanol–water partition coefficient (Wildman–Crippen LogP) is 2.44. The molecular weight excluding hydrogens is 242 g/mol. The van der Waals surface area contributed by atoms with E-state index in [2.05, 4.69) is 16.0 Å². The van der Waals surface area contributed by atoms with E-state index in [1.54, 1.807) is 0 Å². The zero-order valence-electron chi connectivity index (χ0n) is 11.4. The van der Waals surface area contributed by atoms with Crippen LogP contribution in [0.15, 0.2) is 23.3 Å². The molecule has 1 aromatic rings. The number of aryl methyl sites for hydroxylation is 1. The second kappa shape index (κ2) is 5.01. The van der Waals surface area contributed by atoms with E-state index >= 15 is 0 Å². The molecule has 1 heterocycles. The lowest BCUT2D eigenvalue weighted by atomic mass is 9.75. The molecule has 0 spiro atoms. The van der Waals surface area contributed by atoms with Gasteiger partial charge in [-0.3, -0.25) is 15.5 Å². The molecule has 0 radical (unpaired) electrons. The number of amides is 1. The van der Waals surface area contributed by atoms with E-state index in [-0.39, 0.29) is 11.3 Å². The number of rotatable bonds is 3. The summed E-state index contributed by atoms with van der Waals surface area (Å²) in [5, 5.41) is 13.3. The topological polar surface area (TPSA) is 73.7 Å². The van der Waals surface area contributed by atoms with Crippen LogP contribution in [-0.4, -0.2) is 16.8 Å². The number of nitrogens with one attached hydrogen (secondary N) is 2. The van der Waals surface area contributed by atoms with Crippen molar-refractivity contribution in [3.63, 3.8) is 0 Å². The normalized spacial score (nSPS) is 22.7. The van der Waals surface area contributed by atoms with Crippen LogP contribution in [0.5, 0.6) is 0 Å². The average molecular weight is 261 g/mol. The SMILES string of the molecule is CCC1(C)CC(=O)NN=C1c1ccc(C)c(NO)c1. The summed E-state index contributed by atoms with van der Waals surface area (Å²) in [5.74, 6) is -0.0549. The quantitative estimate of drug-likeness (QED) is 0.732. The third-order valence-electron chi connectivity index (χ3n) is 3.83. The molecule has 0 saturated heterocycles. The number of anilines is 1. The minimum atomic E-state index is -0.273. The van der Waals surface area contributed by atoms with Crippen molar-refractivity contribution in [3.05, 3.63) is 29.3 Å². The Bertz CT molecular complexity index is 539. The lowest BCUT2D eigenvalue weighted by Gasteiger charge is -2.32. The van der Waals surface area contributed by atoms with Crippen LogP contribution in [0.4, 0.5) is 5.69 Å². The van der Waals surface area contributed by atoms with Gasteiger partial charge in [-0.25, -0.2) is 5.43 Å². The molecule has 1 unspecified atom stereocenters. The lowest BCUT2D eigenvalue weighted by Crippen LogP contribution is -2.40. The summed E-state index contributed by atoms with van der Waals surface area (Å²) in [6, 6.07) is 5.73. The molecule has 1 aromatic carbocycles. The molecule has 0 aliphatic carbocycles. The Kier molecular flexibility index (Phi) is 3.57. The standard InChI is InChI=1S/C14H19N3O2/c1-4-14(3)8-12(18)15-16-13(14)10-6-5-9(2)11(7-10)17-19/h5-7,17,19H,4,8H2,1-3H3,(H,15,18). The highest BCUT2D eigenvalue weighted by atomic mass is 16.5. The largest absolute Gasteiger partial charge is 0.291 e. The van der Waals surface area contributed by atoms with Crippen molar-refractivity contribution in [1.82, 2.24) is 5.43 Å². The molecule has 0 saturated carbocycles. The predicted molar refractivity (Wildman–Crippen MR) is 74.3 cm³/mol. The van der Waals surface area contributed by atoms with E-state index in [1.165, 1.54) is 0 Å². The fourth-order valence-electron chi connectivity index (χ4n) is 2.33. The van der Waals surface area contributed by atoms with Gasteiger partial charge in [0.1, 0.15) is 0 Å². The molecule has 1 aliphatic rings. The van der Waals surface area contributed by atoms with Gasteiger partial charge in [0.15, 0.2) is 0 Å². The zero-order valence-corrected chi connectivity index (χ0v) is 11.4. The molecule has 1 amide bonds. The number of hydrogen-bond donors (Lipinski definition) is 3. The molecule has 102 valence electrons. The van der Waals surface area contributed by atoms with Crippen LogP contribution in [0, 0.1) is 12.3 Å². The summed E-state index contributed by atoms with van der Waals surface area (Å²) in [7, 11) is 0. The summed E-state index contributed by atoms with van der Waals surface area (Å²) >= 11 is 0. The van der Waals surface area contributed by atoms with Crippen LogP contribution in [0.25, 0.3) is 0 Å². The van der Waals surface area contributed by atoms with Crippen molar-refractivity contribution in [2.24, 2.45) is 10.5 Å². The van der Waals surface area contributed by atoms with Crippen LogP contribution in [0.3, 0.4) is 0 Å². The number of nitrogens with zero attached hydrogens (tertiary/aromatic N) is 1. The number of benzene rings is 1. The summed E-state index contributed by atoms with van der Waals surface area (Å²) in [5.41, 5.74) is 7.81. The molecule has 5 nitrogen and oxygen atoms in total. The minimum absolute atomic E-state index is 0.0549. The molecule has 0 fully saturated rings. The van der Waals surface area contributed by atoms with Gasteiger partial charge in [-0.15, -0.1) is 0 Å². The first kappa shape index (κ1) is 13.5. The van der Waals surface area contributed by atoms with Gasteiger partial charge >= 0.3 is 0 Å². The van der Waals surface area contributed by atoms with Gasteiger partial charge in [-0.2, -0.15) is 5.10 Å². The smallest absolute Gasteiger partial charge is 0.241 e. The van der Waals surface area contributed by atoms with Crippen molar-refractivity contribution < 1.29 is 10.0 Å². The first-order valence-corrected chi connectivity index (χ1v) is 6.38. The van der Waals surface area contributed by atoms with Crippen molar-refractivity contribution in [2.75, 3.05) is 5.48 Å². The van der Waals surface area contributed by atoms with Gasteiger partial charge in [0, 0.05) is 17.4 Å². The Morgan fingerprint density at radius 1 is 1.53 bits per heavy atom. The first-order valence-electron chi connectivity index (χ1n) is 6.38. The van der Waals surface area contributed by atoms with E-state index in [0.29, 0.717) is 12.1 Å². The molecule has 1 aliphatic heterocycles. The van der Waals surface area contributed by atoms with E-state index in [9.17, 15) is 4.79 Å². The van der Waals surface area contributed by atoms with E-state index in [0.717, 1.165) is 23.3 Å². The molecule has 0 bridgehead atoms. The van der Waals surface area contributed by atoms with Crippen molar-refractivity contribution in [1.29, 1.82) is 0 Å². The molecule has 3 N–H and O–H groups in total. The van der Waals surface area contributed by atoms with Crippen LogP contribution in [-0.2, 0) is 4.79 Å². The highest BCUT2D eigenvalue weighted by molar-refractivity contribution is 6.08. The van der Waals surface area contributed by atoms with E-state index in [4.69, 9.17) is 5.21 Å². The Balaban J connectivity index is 2.47. The van der Waals surface area contributed by atoms with Gasteiger partial charge < -0.3 is 0 Å². The fourth-order valence-corrected chi connectivity index (χ4v) is 2.33. The minimum Gasteiger partial charge on any atom is -0.291 e. The highest BCUT2D eigenvalue weighted by Crippen LogP contribution is 2.34. The third kappa shape index (κ3) is 2.46. The summed E-state index contributed by atoms with van der Waals surface area (Å²) in [4.78, 5) is 11.5. The maximum atomic E-state index is 11.5. The fraction of sp³-hybridized carbons (Fsp3) is 0.429. The molecule has 0 aromatic heterocycles. The monoisotopic (exact) mass is 261 g/mol. The van der Waals surface area contributed by atoms with Gasteiger partial charge in [0.2, 0.25) is 5.91 Å². The van der Waals surface area contributed by atoms with Crippen LogP contribution in [0.2, 0.25) is 0 Å². The average Bonchev–Trinajstić information content (AvgIpc) is 2.40. The number of carbonyl (C=O) groups excluding carboxylic acids is 1. The molecule has 1 atom stereocenters. The van der Waals surface area contributed by atoms with E-state index in [1.807, 2.05) is 39.0 Å². The Labute approximate surface area is 112 Å². The molecule has 2 rings (SSSR count). The lowest BCUT2D eigenvalue weighted by molar-refractivity contribution is -0.123. The van der Waals surface area contributed by atoms with Gasteiger partial charge in [-0.05, 0) is 25.0 Å². The number of hydrazone groups is 1. The maximum absolute atomic E-state index is 11.5.